The lowest BCUT2D eigenvalue weighted by atomic mass is 9.79. The summed E-state index contributed by atoms with van der Waals surface area (Å²) in [5.74, 6) is 0. The SMILES string of the molecule is CCCC[N+]1=C(/C=C/C2=C(Cl)C(=C/C=C3/N(C)c4ccc5ccccc5c4C3(C)C)/c3ccccc32)C(C)(C)c2c1ccc1ccccc21. The highest BCUT2D eigenvalue weighted by molar-refractivity contribution is 6.42. The number of fused-ring (bicyclic) bond motifs is 7. The molecule has 3 aliphatic rings. The Hall–Kier alpha value is -4.66. The summed E-state index contributed by atoms with van der Waals surface area (Å²) >= 11 is 7.41. The van der Waals surface area contributed by atoms with E-state index in [1.807, 2.05) is 0 Å². The molecule has 1 aliphatic carbocycles. The van der Waals surface area contributed by atoms with Gasteiger partial charge in [-0.05, 0) is 76.4 Å². The van der Waals surface area contributed by atoms with Crippen LogP contribution in [0.2, 0.25) is 0 Å². The highest BCUT2D eigenvalue weighted by atomic mass is 35.5. The van der Waals surface area contributed by atoms with E-state index in [0.29, 0.717) is 0 Å². The van der Waals surface area contributed by atoms with E-state index in [4.69, 9.17) is 11.6 Å². The van der Waals surface area contributed by atoms with Gasteiger partial charge in [-0.1, -0.05) is 124 Å². The first-order valence-corrected chi connectivity index (χ1v) is 18.1. The van der Waals surface area contributed by atoms with Gasteiger partial charge in [-0.2, -0.15) is 4.58 Å². The molecule has 0 radical (unpaired) electrons. The van der Waals surface area contributed by atoms with Gasteiger partial charge in [0.2, 0.25) is 5.69 Å². The number of benzene rings is 5. The first-order valence-electron chi connectivity index (χ1n) is 17.7. The molecule has 8 rings (SSSR count). The smallest absolute Gasteiger partial charge is 0.210 e. The summed E-state index contributed by atoms with van der Waals surface area (Å²) in [6.45, 7) is 12.7. The minimum absolute atomic E-state index is 0.160. The van der Waals surface area contributed by atoms with Crippen LogP contribution < -0.4 is 4.90 Å². The number of allylic oxidation sites excluding steroid dienone is 8. The van der Waals surface area contributed by atoms with Gasteiger partial charge in [0, 0.05) is 59.1 Å². The fourth-order valence-electron chi connectivity index (χ4n) is 8.77. The van der Waals surface area contributed by atoms with Gasteiger partial charge in [-0.3, -0.25) is 0 Å². The zero-order chi connectivity index (χ0) is 34.1. The summed E-state index contributed by atoms with van der Waals surface area (Å²) in [7, 11) is 2.19. The third kappa shape index (κ3) is 4.79. The van der Waals surface area contributed by atoms with Crippen molar-refractivity contribution in [3.05, 3.63) is 154 Å². The minimum Gasteiger partial charge on any atom is -0.347 e. The summed E-state index contributed by atoms with van der Waals surface area (Å²) in [6.07, 6.45) is 11.4. The monoisotopic (exact) mass is 659 g/mol. The van der Waals surface area contributed by atoms with Crippen molar-refractivity contribution >= 4 is 61.4 Å². The Morgan fingerprint density at radius 2 is 1.33 bits per heavy atom. The molecule has 5 aromatic rings. The van der Waals surface area contributed by atoms with E-state index in [9.17, 15) is 0 Å². The topological polar surface area (TPSA) is 6.25 Å². The number of rotatable bonds is 6. The molecule has 0 fully saturated rings. The molecule has 3 heteroatoms. The molecular weight excluding hydrogens is 616 g/mol. The zero-order valence-electron chi connectivity index (χ0n) is 29.4. The van der Waals surface area contributed by atoms with Crippen molar-refractivity contribution < 1.29 is 4.58 Å². The molecule has 2 nitrogen and oxygen atoms in total. The van der Waals surface area contributed by atoms with Crippen molar-refractivity contribution in [1.29, 1.82) is 0 Å². The van der Waals surface area contributed by atoms with Crippen LogP contribution in [0, 0.1) is 0 Å². The molecular formula is C46H44ClN2+. The Morgan fingerprint density at radius 3 is 2.04 bits per heavy atom. The molecule has 5 aromatic carbocycles. The van der Waals surface area contributed by atoms with Crippen molar-refractivity contribution in [1.82, 2.24) is 0 Å². The van der Waals surface area contributed by atoms with Crippen LogP contribution in [-0.4, -0.2) is 23.9 Å². The van der Waals surface area contributed by atoms with Gasteiger partial charge in [0.15, 0.2) is 5.71 Å². The van der Waals surface area contributed by atoms with Gasteiger partial charge < -0.3 is 4.90 Å². The number of unbranched alkanes of at least 4 members (excludes halogenated alkanes) is 1. The van der Waals surface area contributed by atoms with Crippen molar-refractivity contribution in [3.8, 4) is 0 Å². The molecule has 0 saturated heterocycles. The fourth-order valence-corrected chi connectivity index (χ4v) is 9.10. The van der Waals surface area contributed by atoms with E-state index in [1.54, 1.807) is 0 Å². The molecule has 0 amide bonds. The molecule has 0 spiro atoms. The van der Waals surface area contributed by atoms with E-state index in [1.165, 1.54) is 66.6 Å². The molecule has 0 N–H and O–H groups in total. The maximum Gasteiger partial charge on any atom is 0.210 e. The maximum atomic E-state index is 7.41. The highest BCUT2D eigenvalue weighted by Crippen LogP contribution is 2.51. The third-order valence-corrected chi connectivity index (χ3v) is 11.6. The molecule has 0 unspecified atom stereocenters. The number of nitrogens with zero attached hydrogens (tertiary/aromatic N) is 2. The number of hydrogen-bond acceptors (Lipinski definition) is 1. The minimum atomic E-state index is -0.162. The molecule has 2 heterocycles. The lowest BCUT2D eigenvalue weighted by Crippen LogP contribution is -2.28. The van der Waals surface area contributed by atoms with E-state index in [-0.39, 0.29) is 10.8 Å². The third-order valence-electron chi connectivity index (χ3n) is 11.2. The normalized spacial score (nSPS) is 19.3. The van der Waals surface area contributed by atoms with E-state index in [2.05, 4.69) is 173 Å². The lowest BCUT2D eigenvalue weighted by Gasteiger charge is -2.24. The standard InChI is InChI=1S/C46H44ClN2/c1-7-8-29-49-39-26-22-31-16-10-12-18-33(31)43(39)46(4,5)41(49)28-24-37-35-20-14-13-19-34(35)36(44(37)47)23-27-40-45(2,3)42-32-17-11-9-15-30(32)21-25-38(42)48(40)6/h9-28H,7-8,29H2,1-6H3/q+1. The van der Waals surface area contributed by atoms with Gasteiger partial charge in [0.1, 0.15) is 6.54 Å². The molecule has 0 atom stereocenters. The van der Waals surface area contributed by atoms with Gasteiger partial charge in [-0.25, -0.2) is 0 Å². The van der Waals surface area contributed by atoms with Crippen LogP contribution in [0.1, 0.15) is 69.7 Å². The molecule has 2 aliphatic heterocycles. The summed E-state index contributed by atoms with van der Waals surface area (Å²) in [6, 6.07) is 35.3. The number of halogens is 1. The number of hydrogen-bond donors (Lipinski definition) is 0. The largest absolute Gasteiger partial charge is 0.347 e. The van der Waals surface area contributed by atoms with Crippen molar-refractivity contribution in [2.75, 3.05) is 18.5 Å². The molecule has 49 heavy (non-hydrogen) atoms. The Balaban J connectivity index is 1.22. The Labute approximate surface area is 296 Å². The lowest BCUT2D eigenvalue weighted by molar-refractivity contribution is -0.438. The highest BCUT2D eigenvalue weighted by Gasteiger charge is 2.45. The Bertz CT molecular complexity index is 2340. The Morgan fingerprint density at radius 1 is 0.694 bits per heavy atom. The van der Waals surface area contributed by atoms with Crippen LogP contribution in [0.5, 0.6) is 0 Å². The maximum absolute atomic E-state index is 7.41. The quantitative estimate of drug-likeness (QED) is 0.164. The predicted molar refractivity (Wildman–Crippen MR) is 211 cm³/mol. The zero-order valence-corrected chi connectivity index (χ0v) is 30.2. The first kappa shape index (κ1) is 31.6. The van der Waals surface area contributed by atoms with E-state index in [0.717, 1.165) is 35.6 Å². The Kier molecular flexibility index (Phi) is 7.57. The van der Waals surface area contributed by atoms with Crippen LogP contribution in [0.4, 0.5) is 11.4 Å². The van der Waals surface area contributed by atoms with E-state index < -0.39 is 0 Å². The van der Waals surface area contributed by atoms with Crippen LogP contribution in [0.25, 0.3) is 32.7 Å². The second-order valence-corrected chi connectivity index (χ2v) is 15.2. The summed E-state index contributed by atoms with van der Waals surface area (Å²) in [5, 5.41) is 6.03. The van der Waals surface area contributed by atoms with Crippen molar-refractivity contribution in [2.24, 2.45) is 0 Å². The predicted octanol–water partition coefficient (Wildman–Crippen LogP) is 12.1. The van der Waals surface area contributed by atoms with Crippen molar-refractivity contribution in [3.63, 3.8) is 0 Å². The van der Waals surface area contributed by atoms with Crippen molar-refractivity contribution in [2.45, 2.75) is 58.3 Å². The summed E-state index contributed by atoms with van der Waals surface area (Å²) in [4.78, 5) is 2.35. The molecule has 0 bridgehead atoms. The van der Waals surface area contributed by atoms with Crippen LogP contribution >= 0.6 is 11.6 Å². The number of likely N-dealkylation sites (N-methyl/N-ethyl adjacent to an activating group) is 1. The van der Waals surface area contributed by atoms with Gasteiger partial charge in [0.05, 0.1) is 10.4 Å². The van der Waals surface area contributed by atoms with Gasteiger partial charge in [0.25, 0.3) is 0 Å². The second-order valence-electron chi connectivity index (χ2n) is 14.8. The number of anilines is 1. The van der Waals surface area contributed by atoms with Gasteiger partial charge in [-0.15, -0.1) is 0 Å². The second kappa shape index (κ2) is 11.7. The average Bonchev–Trinajstić information content (AvgIpc) is 3.58. The molecule has 244 valence electrons. The molecule has 0 saturated carbocycles. The van der Waals surface area contributed by atoms with Gasteiger partial charge >= 0.3 is 0 Å². The van der Waals surface area contributed by atoms with Crippen LogP contribution in [0.15, 0.2) is 132 Å². The fraction of sp³-hybridized carbons (Fsp3) is 0.239. The van der Waals surface area contributed by atoms with Crippen LogP contribution in [-0.2, 0) is 10.8 Å². The molecule has 0 aromatic heterocycles. The summed E-state index contributed by atoms with van der Waals surface area (Å²) in [5.41, 5.74) is 12.2. The average molecular weight is 660 g/mol. The first-order chi connectivity index (χ1) is 23.6. The summed E-state index contributed by atoms with van der Waals surface area (Å²) < 4.78 is 2.55. The van der Waals surface area contributed by atoms with Crippen LogP contribution in [0.3, 0.4) is 0 Å². The van der Waals surface area contributed by atoms with E-state index >= 15 is 0 Å².